The predicted octanol–water partition coefficient (Wildman–Crippen LogP) is 3.74. The summed E-state index contributed by atoms with van der Waals surface area (Å²) in [6.45, 7) is 2.03. The molecule has 1 atom stereocenters. The molecule has 0 bridgehead atoms. The van der Waals surface area contributed by atoms with E-state index < -0.39 is 0 Å². The van der Waals surface area contributed by atoms with Gasteiger partial charge in [-0.2, -0.15) is 5.26 Å². The zero-order chi connectivity index (χ0) is 13.0. The van der Waals surface area contributed by atoms with E-state index in [1.807, 2.05) is 43.3 Å². The molecule has 0 spiro atoms. The lowest BCUT2D eigenvalue weighted by molar-refractivity contribution is 0.416. The lowest BCUT2D eigenvalue weighted by atomic mass is 10.2. The third-order valence-corrected chi connectivity index (χ3v) is 3.65. The first kappa shape index (κ1) is 12.5. The van der Waals surface area contributed by atoms with E-state index in [1.54, 1.807) is 18.4 Å². The van der Waals surface area contributed by atoms with Crippen LogP contribution in [0.4, 0.5) is 5.69 Å². The molecule has 1 unspecified atom stereocenters. The Balaban J connectivity index is 2.24. The Bertz CT molecular complexity index is 571. The molecule has 0 aliphatic rings. The Labute approximate surface area is 111 Å². The highest BCUT2D eigenvalue weighted by atomic mass is 32.1. The summed E-state index contributed by atoms with van der Waals surface area (Å²) in [4.78, 5) is 2.22. The minimum absolute atomic E-state index is 0.347. The van der Waals surface area contributed by atoms with Crippen LogP contribution in [-0.4, -0.2) is 7.11 Å². The zero-order valence-electron chi connectivity index (χ0n) is 10.3. The number of benzene rings is 1. The third-order valence-electron chi connectivity index (χ3n) is 2.58. The summed E-state index contributed by atoms with van der Waals surface area (Å²) in [6, 6.07) is 13.5. The summed E-state index contributed by atoms with van der Waals surface area (Å²) >= 11 is 1.63. The van der Waals surface area contributed by atoms with Gasteiger partial charge >= 0.3 is 0 Å². The van der Waals surface area contributed by atoms with E-state index in [9.17, 15) is 5.26 Å². The van der Waals surface area contributed by atoms with Gasteiger partial charge in [0.1, 0.15) is 11.8 Å². The van der Waals surface area contributed by atoms with Gasteiger partial charge in [0.2, 0.25) is 0 Å². The Morgan fingerprint density at radius 3 is 2.67 bits per heavy atom. The second-order valence-electron chi connectivity index (χ2n) is 3.86. The van der Waals surface area contributed by atoms with Crippen LogP contribution < -0.4 is 10.1 Å². The fourth-order valence-electron chi connectivity index (χ4n) is 1.69. The second kappa shape index (κ2) is 5.56. The van der Waals surface area contributed by atoms with Crippen molar-refractivity contribution in [2.75, 3.05) is 12.4 Å². The second-order valence-corrected chi connectivity index (χ2v) is 5.17. The Kier molecular flexibility index (Phi) is 3.85. The summed E-state index contributed by atoms with van der Waals surface area (Å²) in [6.07, 6.45) is 0. The van der Waals surface area contributed by atoms with Gasteiger partial charge < -0.3 is 10.1 Å². The van der Waals surface area contributed by atoms with Crippen molar-refractivity contribution in [1.82, 2.24) is 0 Å². The molecule has 2 rings (SSSR count). The number of para-hydroxylation sites is 2. The van der Waals surface area contributed by atoms with Crippen molar-refractivity contribution in [3.05, 3.63) is 46.2 Å². The maximum atomic E-state index is 9.27. The van der Waals surface area contributed by atoms with Crippen LogP contribution in [0.25, 0.3) is 0 Å². The van der Waals surface area contributed by atoms with Crippen molar-refractivity contribution >= 4 is 17.0 Å². The summed E-state index contributed by atoms with van der Waals surface area (Å²) in [7, 11) is 1.62. The molecule has 1 heterocycles. The van der Waals surface area contributed by atoms with Crippen LogP contribution >= 0.6 is 11.3 Å². The maximum absolute atomic E-state index is 9.27. The first-order valence-corrected chi connectivity index (χ1v) is 6.41. The van der Waals surface area contributed by atoms with E-state index in [1.165, 1.54) is 4.88 Å². The molecule has 0 amide bonds. The molecule has 1 N–H and O–H groups in total. The smallest absolute Gasteiger partial charge is 0.149 e. The molecule has 3 nitrogen and oxygen atoms in total. The van der Waals surface area contributed by atoms with Gasteiger partial charge in [-0.05, 0) is 31.2 Å². The van der Waals surface area contributed by atoms with Gasteiger partial charge in [0.15, 0.2) is 0 Å². The third kappa shape index (κ3) is 2.63. The number of hydrogen-bond acceptors (Lipinski definition) is 4. The van der Waals surface area contributed by atoms with Crippen molar-refractivity contribution in [1.29, 1.82) is 5.26 Å². The number of nitrogens with one attached hydrogen (secondary N) is 1. The molecule has 0 aliphatic heterocycles. The number of nitrogens with zero attached hydrogens (tertiary/aromatic N) is 1. The number of rotatable bonds is 4. The van der Waals surface area contributed by atoms with Crippen molar-refractivity contribution in [2.24, 2.45) is 0 Å². The standard InChI is InChI=1S/C14H14N2OS/c1-10-7-8-14(18-10)12(9-15)16-11-5-3-4-6-13(11)17-2/h3-8,12,16H,1-2H3. The molecule has 0 saturated carbocycles. The van der Waals surface area contributed by atoms with Crippen molar-refractivity contribution in [3.63, 3.8) is 0 Å². The van der Waals surface area contributed by atoms with Crippen LogP contribution in [0.15, 0.2) is 36.4 Å². The molecule has 4 heteroatoms. The number of anilines is 1. The topological polar surface area (TPSA) is 45.0 Å². The molecule has 0 aliphatic carbocycles. The quantitative estimate of drug-likeness (QED) is 0.908. The normalized spacial score (nSPS) is 11.6. The minimum atomic E-state index is -0.347. The van der Waals surface area contributed by atoms with E-state index in [0.717, 1.165) is 16.3 Å². The summed E-state index contributed by atoms with van der Waals surface area (Å²) in [5, 5.41) is 12.5. The van der Waals surface area contributed by atoms with Crippen molar-refractivity contribution < 1.29 is 4.74 Å². The maximum Gasteiger partial charge on any atom is 0.149 e. The van der Waals surface area contributed by atoms with Gasteiger partial charge in [0.25, 0.3) is 0 Å². The van der Waals surface area contributed by atoms with Crippen LogP contribution in [-0.2, 0) is 0 Å². The van der Waals surface area contributed by atoms with Crippen molar-refractivity contribution in [2.45, 2.75) is 13.0 Å². The highest BCUT2D eigenvalue weighted by molar-refractivity contribution is 7.12. The number of thiophene rings is 1. The van der Waals surface area contributed by atoms with Gasteiger partial charge in [-0.3, -0.25) is 0 Å². The van der Waals surface area contributed by atoms with Crippen LogP contribution in [0.5, 0.6) is 5.75 Å². The first-order valence-electron chi connectivity index (χ1n) is 5.60. The number of aryl methyl sites for hydroxylation is 1. The molecule has 18 heavy (non-hydrogen) atoms. The summed E-state index contributed by atoms with van der Waals surface area (Å²) in [5.41, 5.74) is 0.831. The van der Waals surface area contributed by atoms with E-state index in [2.05, 4.69) is 11.4 Å². The average molecular weight is 258 g/mol. The molecule has 0 radical (unpaired) electrons. The SMILES string of the molecule is COc1ccccc1NC(C#N)c1ccc(C)s1. The molecular formula is C14H14N2OS. The Hall–Kier alpha value is -1.99. The fraction of sp³-hybridized carbons (Fsp3) is 0.214. The summed E-state index contributed by atoms with van der Waals surface area (Å²) < 4.78 is 5.26. The lowest BCUT2D eigenvalue weighted by Crippen LogP contribution is -2.07. The molecule has 0 saturated heterocycles. The Morgan fingerprint density at radius 1 is 1.28 bits per heavy atom. The zero-order valence-corrected chi connectivity index (χ0v) is 11.1. The van der Waals surface area contributed by atoms with Gasteiger partial charge in [-0.1, -0.05) is 12.1 Å². The molecular weight excluding hydrogens is 244 g/mol. The molecule has 1 aromatic heterocycles. The van der Waals surface area contributed by atoms with Gasteiger partial charge in [-0.15, -0.1) is 11.3 Å². The van der Waals surface area contributed by atoms with Crippen LogP contribution in [0.3, 0.4) is 0 Å². The fourth-order valence-corrected chi connectivity index (χ4v) is 2.57. The minimum Gasteiger partial charge on any atom is -0.495 e. The lowest BCUT2D eigenvalue weighted by Gasteiger charge is -2.14. The van der Waals surface area contributed by atoms with Crippen LogP contribution in [0.2, 0.25) is 0 Å². The largest absolute Gasteiger partial charge is 0.495 e. The van der Waals surface area contributed by atoms with Crippen LogP contribution in [0, 0.1) is 18.3 Å². The van der Waals surface area contributed by atoms with Gasteiger partial charge in [-0.25, -0.2) is 0 Å². The van der Waals surface area contributed by atoms with E-state index in [-0.39, 0.29) is 6.04 Å². The highest BCUT2D eigenvalue weighted by Gasteiger charge is 2.14. The summed E-state index contributed by atoms with van der Waals surface area (Å²) in [5.74, 6) is 0.742. The Morgan fingerprint density at radius 2 is 2.06 bits per heavy atom. The number of ether oxygens (including phenoxy) is 1. The van der Waals surface area contributed by atoms with Gasteiger partial charge in [0.05, 0.1) is 18.9 Å². The number of nitriles is 1. The highest BCUT2D eigenvalue weighted by Crippen LogP contribution is 2.30. The van der Waals surface area contributed by atoms with E-state index >= 15 is 0 Å². The monoisotopic (exact) mass is 258 g/mol. The molecule has 92 valence electrons. The number of methoxy groups -OCH3 is 1. The van der Waals surface area contributed by atoms with Crippen LogP contribution in [0.1, 0.15) is 15.8 Å². The van der Waals surface area contributed by atoms with Gasteiger partial charge in [0, 0.05) is 9.75 Å². The van der Waals surface area contributed by atoms with E-state index in [0.29, 0.717) is 0 Å². The first-order chi connectivity index (χ1) is 8.74. The average Bonchev–Trinajstić information content (AvgIpc) is 2.83. The van der Waals surface area contributed by atoms with Crippen molar-refractivity contribution in [3.8, 4) is 11.8 Å². The predicted molar refractivity (Wildman–Crippen MR) is 74.0 cm³/mol. The molecule has 1 aromatic carbocycles. The molecule has 0 fully saturated rings. The molecule has 2 aromatic rings. The number of hydrogen-bond donors (Lipinski definition) is 1. The van der Waals surface area contributed by atoms with E-state index in [4.69, 9.17) is 4.74 Å².